The summed E-state index contributed by atoms with van der Waals surface area (Å²) in [7, 11) is 0. The average Bonchev–Trinajstić information content (AvgIpc) is 2.73. The SMILES string of the molecule is CCNCc1cc(F)cnc1-n1cc(Br)cn1. The lowest BCUT2D eigenvalue weighted by Crippen LogP contribution is -2.15. The fourth-order valence-corrected chi connectivity index (χ4v) is 1.77. The topological polar surface area (TPSA) is 42.7 Å². The van der Waals surface area contributed by atoms with Gasteiger partial charge in [0.15, 0.2) is 5.82 Å². The molecule has 4 nitrogen and oxygen atoms in total. The van der Waals surface area contributed by atoms with E-state index in [0.717, 1.165) is 16.6 Å². The Bertz CT molecular complexity index is 512. The molecule has 0 saturated carbocycles. The highest BCUT2D eigenvalue weighted by Crippen LogP contribution is 2.15. The summed E-state index contributed by atoms with van der Waals surface area (Å²) in [5, 5.41) is 7.29. The van der Waals surface area contributed by atoms with Crippen LogP contribution in [0.2, 0.25) is 0 Å². The summed E-state index contributed by atoms with van der Waals surface area (Å²) in [5.74, 6) is 0.297. The van der Waals surface area contributed by atoms with Gasteiger partial charge in [0, 0.05) is 18.3 Å². The van der Waals surface area contributed by atoms with Crippen LogP contribution in [0.15, 0.2) is 29.1 Å². The lowest BCUT2D eigenvalue weighted by molar-refractivity contribution is 0.610. The number of nitrogens with zero attached hydrogens (tertiary/aromatic N) is 3. The minimum absolute atomic E-state index is 0.340. The van der Waals surface area contributed by atoms with Gasteiger partial charge in [-0.15, -0.1) is 0 Å². The molecule has 2 rings (SSSR count). The number of halogens is 2. The molecule has 0 aliphatic carbocycles. The van der Waals surface area contributed by atoms with Crippen molar-refractivity contribution in [3.05, 3.63) is 40.5 Å². The lowest BCUT2D eigenvalue weighted by atomic mass is 10.2. The van der Waals surface area contributed by atoms with E-state index in [4.69, 9.17) is 0 Å². The number of rotatable bonds is 4. The van der Waals surface area contributed by atoms with Crippen molar-refractivity contribution in [3.8, 4) is 5.82 Å². The van der Waals surface area contributed by atoms with Crippen molar-refractivity contribution in [1.82, 2.24) is 20.1 Å². The quantitative estimate of drug-likeness (QED) is 0.942. The lowest BCUT2D eigenvalue weighted by Gasteiger charge is -2.08. The Labute approximate surface area is 107 Å². The maximum absolute atomic E-state index is 13.2. The van der Waals surface area contributed by atoms with Crippen LogP contribution in [0.4, 0.5) is 4.39 Å². The highest BCUT2D eigenvalue weighted by molar-refractivity contribution is 9.10. The predicted octanol–water partition coefficient (Wildman–Crippen LogP) is 2.28. The summed E-state index contributed by atoms with van der Waals surface area (Å²) < 4.78 is 15.6. The molecule has 2 aromatic heterocycles. The monoisotopic (exact) mass is 298 g/mol. The van der Waals surface area contributed by atoms with Crippen molar-refractivity contribution >= 4 is 15.9 Å². The van der Waals surface area contributed by atoms with Gasteiger partial charge in [-0.25, -0.2) is 14.1 Å². The normalized spacial score (nSPS) is 10.8. The highest BCUT2D eigenvalue weighted by Gasteiger charge is 2.08. The maximum Gasteiger partial charge on any atom is 0.158 e. The molecular formula is C11H12BrFN4. The Hall–Kier alpha value is -1.27. The Morgan fingerprint density at radius 2 is 2.29 bits per heavy atom. The standard InChI is InChI=1S/C11H12BrFN4/c1-2-14-4-8-3-10(13)6-15-11(8)17-7-9(12)5-16-17/h3,5-7,14H,2,4H2,1H3. The van der Waals surface area contributed by atoms with E-state index < -0.39 is 0 Å². The van der Waals surface area contributed by atoms with Crippen molar-refractivity contribution in [2.45, 2.75) is 13.5 Å². The molecule has 0 radical (unpaired) electrons. The second-order valence-corrected chi connectivity index (χ2v) is 4.44. The van der Waals surface area contributed by atoms with Gasteiger partial charge >= 0.3 is 0 Å². The van der Waals surface area contributed by atoms with Crippen molar-refractivity contribution in [3.63, 3.8) is 0 Å². The number of hydrogen-bond acceptors (Lipinski definition) is 3. The first-order chi connectivity index (χ1) is 8.20. The zero-order valence-corrected chi connectivity index (χ0v) is 10.9. The van der Waals surface area contributed by atoms with Crippen molar-refractivity contribution < 1.29 is 4.39 Å². The highest BCUT2D eigenvalue weighted by atomic mass is 79.9. The first-order valence-corrected chi connectivity index (χ1v) is 6.05. The van der Waals surface area contributed by atoms with Crippen LogP contribution in [0, 0.1) is 5.82 Å². The van der Waals surface area contributed by atoms with Crippen LogP contribution >= 0.6 is 15.9 Å². The molecule has 2 aromatic rings. The Morgan fingerprint density at radius 1 is 1.47 bits per heavy atom. The van der Waals surface area contributed by atoms with Crippen LogP contribution in [-0.2, 0) is 6.54 Å². The van der Waals surface area contributed by atoms with Crippen LogP contribution in [0.25, 0.3) is 5.82 Å². The molecule has 0 aromatic carbocycles. The molecule has 1 N–H and O–H groups in total. The summed E-state index contributed by atoms with van der Waals surface area (Å²) >= 11 is 3.32. The third-order valence-corrected chi connectivity index (χ3v) is 2.65. The Kier molecular flexibility index (Phi) is 3.86. The molecule has 0 bridgehead atoms. The molecule has 0 fully saturated rings. The van der Waals surface area contributed by atoms with Crippen LogP contribution in [0.5, 0.6) is 0 Å². The van der Waals surface area contributed by atoms with Gasteiger partial charge in [-0.1, -0.05) is 6.92 Å². The fourth-order valence-electron chi connectivity index (χ4n) is 1.49. The molecule has 0 spiro atoms. The van der Waals surface area contributed by atoms with E-state index in [9.17, 15) is 4.39 Å². The second-order valence-electron chi connectivity index (χ2n) is 3.52. The van der Waals surface area contributed by atoms with Crippen LogP contribution in [0.3, 0.4) is 0 Å². The molecular weight excluding hydrogens is 287 g/mol. The van der Waals surface area contributed by atoms with E-state index in [1.807, 2.05) is 6.92 Å². The predicted molar refractivity (Wildman–Crippen MR) is 66.4 cm³/mol. The first-order valence-electron chi connectivity index (χ1n) is 5.26. The van der Waals surface area contributed by atoms with Crippen molar-refractivity contribution in [1.29, 1.82) is 0 Å². The van der Waals surface area contributed by atoms with Crippen LogP contribution < -0.4 is 5.32 Å². The third-order valence-electron chi connectivity index (χ3n) is 2.24. The van der Waals surface area contributed by atoms with Crippen LogP contribution in [-0.4, -0.2) is 21.3 Å². The molecule has 0 aliphatic rings. The van der Waals surface area contributed by atoms with E-state index in [-0.39, 0.29) is 5.82 Å². The zero-order chi connectivity index (χ0) is 12.3. The molecule has 17 heavy (non-hydrogen) atoms. The summed E-state index contributed by atoms with van der Waals surface area (Å²) in [6.45, 7) is 3.38. The Morgan fingerprint density at radius 3 is 2.94 bits per heavy atom. The molecule has 0 aliphatic heterocycles. The van der Waals surface area contributed by atoms with E-state index in [1.165, 1.54) is 12.3 Å². The van der Waals surface area contributed by atoms with Gasteiger partial charge in [0.25, 0.3) is 0 Å². The second kappa shape index (κ2) is 5.37. The minimum Gasteiger partial charge on any atom is -0.313 e. The number of hydrogen-bond donors (Lipinski definition) is 1. The number of aromatic nitrogens is 3. The van der Waals surface area contributed by atoms with Crippen molar-refractivity contribution in [2.75, 3.05) is 6.54 Å². The van der Waals surface area contributed by atoms with E-state index >= 15 is 0 Å². The van der Waals surface area contributed by atoms with E-state index in [2.05, 4.69) is 31.3 Å². The van der Waals surface area contributed by atoms with Gasteiger partial charge in [-0.05, 0) is 28.5 Å². The Balaban J connectivity index is 2.38. The summed E-state index contributed by atoms with van der Waals surface area (Å²) in [6.07, 6.45) is 4.65. The molecule has 0 saturated heterocycles. The molecule has 0 amide bonds. The molecule has 6 heteroatoms. The van der Waals surface area contributed by atoms with E-state index in [0.29, 0.717) is 12.4 Å². The molecule has 2 heterocycles. The van der Waals surface area contributed by atoms with Crippen LogP contribution in [0.1, 0.15) is 12.5 Å². The van der Waals surface area contributed by atoms with Gasteiger partial charge in [-0.2, -0.15) is 5.10 Å². The van der Waals surface area contributed by atoms with Crippen molar-refractivity contribution in [2.24, 2.45) is 0 Å². The third kappa shape index (κ3) is 2.89. The first kappa shape index (κ1) is 12.2. The summed E-state index contributed by atoms with van der Waals surface area (Å²) in [4.78, 5) is 4.08. The summed E-state index contributed by atoms with van der Waals surface area (Å²) in [6, 6.07) is 1.47. The van der Waals surface area contributed by atoms with Gasteiger partial charge in [0.2, 0.25) is 0 Å². The largest absolute Gasteiger partial charge is 0.313 e. The number of pyridine rings is 1. The van der Waals surface area contributed by atoms with Gasteiger partial charge in [0.05, 0.1) is 16.9 Å². The minimum atomic E-state index is -0.340. The van der Waals surface area contributed by atoms with Gasteiger partial charge < -0.3 is 5.32 Å². The molecule has 90 valence electrons. The molecule has 0 atom stereocenters. The maximum atomic E-state index is 13.2. The summed E-state index contributed by atoms with van der Waals surface area (Å²) in [5.41, 5.74) is 0.780. The van der Waals surface area contributed by atoms with Gasteiger partial charge in [0.1, 0.15) is 5.82 Å². The average molecular weight is 299 g/mol. The van der Waals surface area contributed by atoms with Gasteiger partial charge in [-0.3, -0.25) is 0 Å². The zero-order valence-electron chi connectivity index (χ0n) is 9.32. The smallest absolute Gasteiger partial charge is 0.158 e. The van der Waals surface area contributed by atoms with E-state index in [1.54, 1.807) is 17.1 Å². The molecule has 0 unspecified atom stereocenters. The fraction of sp³-hybridized carbons (Fsp3) is 0.273. The number of nitrogens with one attached hydrogen (secondary N) is 1.